The molecule has 0 radical (unpaired) electrons. The van der Waals surface area contributed by atoms with E-state index in [1.54, 1.807) is 18.3 Å². The highest BCUT2D eigenvalue weighted by molar-refractivity contribution is 5.88. The summed E-state index contributed by atoms with van der Waals surface area (Å²) in [5.74, 6) is 0.455. The Balaban J connectivity index is 2.22. The van der Waals surface area contributed by atoms with Crippen LogP contribution in [-0.2, 0) is 9.53 Å². The van der Waals surface area contributed by atoms with Gasteiger partial charge in [0.05, 0.1) is 18.8 Å². The zero-order chi connectivity index (χ0) is 14.4. The van der Waals surface area contributed by atoms with Gasteiger partial charge in [-0.15, -0.1) is 0 Å². The molecule has 1 amide bonds. The van der Waals surface area contributed by atoms with Crippen molar-refractivity contribution >= 4 is 18.0 Å². The third-order valence-electron chi connectivity index (χ3n) is 3.20. The number of pyridine rings is 1. The molecule has 20 heavy (non-hydrogen) atoms. The van der Waals surface area contributed by atoms with E-state index >= 15 is 0 Å². The van der Waals surface area contributed by atoms with E-state index in [0.29, 0.717) is 37.7 Å². The highest BCUT2D eigenvalue weighted by Gasteiger charge is 2.31. The van der Waals surface area contributed by atoms with Crippen molar-refractivity contribution < 1.29 is 14.3 Å². The lowest BCUT2D eigenvalue weighted by atomic mass is 10.1. The van der Waals surface area contributed by atoms with Crippen molar-refractivity contribution in [2.75, 3.05) is 31.2 Å². The number of carbonyl (C=O) groups is 2. The number of rotatable bonds is 5. The first-order valence-electron chi connectivity index (χ1n) is 6.80. The fourth-order valence-electron chi connectivity index (χ4n) is 2.18. The minimum atomic E-state index is -0.441. The van der Waals surface area contributed by atoms with E-state index in [-0.39, 0.29) is 5.91 Å². The predicted molar refractivity (Wildman–Crippen MR) is 74.9 cm³/mol. The summed E-state index contributed by atoms with van der Waals surface area (Å²) in [5, 5.41) is 2.86. The van der Waals surface area contributed by atoms with E-state index in [4.69, 9.17) is 4.74 Å². The summed E-state index contributed by atoms with van der Waals surface area (Å²) in [6.45, 7) is 4.00. The molecule has 1 atom stereocenters. The van der Waals surface area contributed by atoms with Gasteiger partial charge in [0.2, 0.25) is 5.91 Å². The summed E-state index contributed by atoms with van der Waals surface area (Å²) in [6.07, 6.45) is 3.26. The summed E-state index contributed by atoms with van der Waals surface area (Å²) in [5.41, 5.74) is 0.489. The molecule has 1 aliphatic heterocycles. The van der Waals surface area contributed by atoms with E-state index in [1.165, 1.54) is 0 Å². The number of morpholine rings is 1. The Morgan fingerprint density at radius 3 is 3.25 bits per heavy atom. The van der Waals surface area contributed by atoms with Crippen LogP contribution in [0.4, 0.5) is 5.82 Å². The highest BCUT2D eigenvalue weighted by Crippen LogP contribution is 2.20. The van der Waals surface area contributed by atoms with Gasteiger partial charge < -0.3 is 15.0 Å². The highest BCUT2D eigenvalue weighted by atomic mass is 16.5. The Hall–Kier alpha value is -1.95. The second-order valence-corrected chi connectivity index (χ2v) is 4.61. The normalized spacial score (nSPS) is 18.6. The van der Waals surface area contributed by atoms with Crippen molar-refractivity contribution in [1.82, 2.24) is 10.3 Å². The fraction of sp³-hybridized carbons (Fsp3) is 0.500. The number of aldehydes is 1. The predicted octanol–water partition coefficient (Wildman–Crippen LogP) is 0.625. The van der Waals surface area contributed by atoms with Crippen molar-refractivity contribution in [3.05, 3.63) is 23.9 Å². The van der Waals surface area contributed by atoms with Gasteiger partial charge in [-0.1, -0.05) is 6.92 Å². The minimum Gasteiger partial charge on any atom is -0.377 e. The van der Waals surface area contributed by atoms with Crippen LogP contribution >= 0.6 is 0 Å². The number of nitrogens with one attached hydrogen (secondary N) is 1. The van der Waals surface area contributed by atoms with Gasteiger partial charge in [-0.2, -0.15) is 0 Å². The molecule has 1 saturated heterocycles. The Bertz CT molecular complexity index is 478. The molecule has 0 saturated carbocycles. The van der Waals surface area contributed by atoms with Gasteiger partial charge in [0.25, 0.3) is 0 Å². The van der Waals surface area contributed by atoms with Crippen molar-refractivity contribution in [2.24, 2.45) is 0 Å². The molecule has 108 valence electrons. The molecule has 0 aliphatic carbocycles. The van der Waals surface area contributed by atoms with Gasteiger partial charge in [-0.25, -0.2) is 4.98 Å². The monoisotopic (exact) mass is 277 g/mol. The van der Waals surface area contributed by atoms with Gasteiger partial charge in [0.15, 0.2) is 6.29 Å². The first-order chi connectivity index (χ1) is 9.77. The quantitative estimate of drug-likeness (QED) is 0.799. The Morgan fingerprint density at radius 2 is 2.50 bits per heavy atom. The maximum atomic E-state index is 12.2. The standard InChI is InChI=1S/C14H19N3O3/c1-2-5-16-14(19)12-10-20-8-7-17(12)13-11(9-18)4-3-6-15-13/h3-4,6,9,12H,2,5,7-8,10H2,1H3,(H,16,19). The van der Waals surface area contributed by atoms with Crippen molar-refractivity contribution in [1.29, 1.82) is 0 Å². The number of amides is 1. The van der Waals surface area contributed by atoms with Gasteiger partial charge in [-0.05, 0) is 18.6 Å². The molecule has 1 unspecified atom stereocenters. The van der Waals surface area contributed by atoms with Gasteiger partial charge in [0.1, 0.15) is 11.9 Å². The van der Waals surface area contributed by atoms with Gasteiger partial charge >= 0.3 is 0 Å². The van der Waals surface area contributed by atoms with Crippen LogP contribution in [0.1, 0.15) is 23.7 Å². The SMILES string of the molecule is CCCNC(=O)C1COCCN1c1ncccc1C=O. The molecule has 2 heterocycles. The number of hydrogen-bond donors (Lipinski definition) is 1. The average molecular weight is 277 g/mol. The third kappa shape index (κ3) is 3.14. The summed E-state index contributed by atoms with van der Waals surface area (Å²) >= 11 is 0. The average Bonchev–Trinajstić information content (AvgIpc) is 2.52. The van der Waals surface area contributed by atoms with Crippen LogP contribution in [0.5, 0.6) is 0 Å². The smallest absolute Gasteiger partial charge is 0.245 e. The molecular weight excluding hydrogens is 258 g/mol. The second-order valence-electron chi connectivity index (χ2n) is 4.61. The van der Waals surface area contributed by atoms with Crippen LogP contribution in [0.2, 0.25) is 0 Å². The second kappa shape index (κ2) is 7.00. The van der Waals surface area contributed by atoms with Gasteiger partial charge in [0, 0.05) is 19.3 Å². The van der Waals surface area contributed by atoms with E-state index in [2.05, 4.69) is 10.3 Å². The Kier molecular flexibility index (Phi) is 5.06. The molecule has 1 aliphatic rings. The van der Waals surface area contributed by atoms with Crippen LogP contribution in [-0.4, -0.2) is 49.5 Å². The van der Waals surface area contributed by atoms with Crippen LogP contribution in [0.15, 0.2) is 18.3 Å². The lowest BCUT2D eigenvalue weighted by Gasteiger charge is -2.35. The van der Waals surface area contributed by atoms with Crippen LogP contribution in [0.25, 0.3) is 0 Å². The number of anilines is 1. The zero-order valence-corrected chi connectivity index (χ0v) is 11.5. The summed E-state index contributed by atoms with van der Waals surface area (Å²) in [6, 6.07) is 2.97. The molecule has 6 nitrogen and oxygen atoms in total. The molecule has 6 heteroatoms. The maximum absolute atomic E-state index is 12.2. The van der Waals surface area contributed by atoms with E-state index in [0.717, 1.165) is 12.7 Å². The lowest BCUT2D eigenvalue weighted by Crippen LogP contribution is -2.54. The number of nitrogens with zero attached hydrogens (tertiary/aromatic N) is 2. The fourth-order valence-corrected chi connectivity index (χ4v) is 2.18. The van der Waals surface area contributed by atoms with E-state index in [1.807, 2.05) is 11.8 Å². The minimum absolute atomic E-state index is 0.0888. The molecule has 1 aromatic rings. The molecule has 1 fully saturated rings. The number of aromatic nitrogens is 1. The summed E-state index contributed by atoms with van der Waals surface area (Å²) < 4.78 is 5.39. The van der Waals surface area contributed by atoms with Crippen molar-refractivity contribution in [3.63, 3.8) is 0 Å². The molecule has 0 aromatic carbocycles. The molecule has 1 N–H and O–H groups in total. The molecule has 0 bridgehead atoms. The van der Waals surface area contributed by atoms with Crippen molar-refractivity contribution in [2.45, 2.75) is 19.4 Å². The molecular formula is C14H19N3O3. The van der Waals surface area contributed by atoms with Crippen LogP contribution < -0.4 is 10.2 Å². The van der Waals surface area contributed by atoms with E-state index < -0.39 is 6.04 Å². The maximum Gasteiger partial charge on any atom is 0.245 e. The lowest BCUT2D eigenvalue weighted by molar-refractivity contribution is -0.124. The van der Waals surface area contributed by atoms with Crippen molar-refractivity contribution in [3.8, 4) is 0 Å². The first kappa shape index (κ1) is 14.5. The third-order valence-corrected chi connectivity index (χ3v) is 3.20. The molecule has 0 spiro atoms. The topological polar surface area (TPSA) is 71.5 Å². The molecule has 1 aromatic heterocycles. The Morgan fingerprint density at radius 1 is 1.65 bits per heavy atom. The summed E-state index contributed by atoms with van der Waals surface area (Å²) in [7, 11) is 0. The summed E-state index contributed by atoms with van der Waals surface area (Å²) in [4.78, 5) is 29.4. The largest absolute Gasteiger partial charge is 0.377 e. The number of carbonyl (C=O) groups excluding carboxylic acids is 2. The van der Waals surface area contributed by atoms with Crippen LogP contribution in [0, 0.1) is 0 Å². The number of hydrogen-bond acceptors (Lipinski definition) is 5. The molecule has 2 rings (SSSR count). The van der Waals surface area contributed by atoms with Gasteiger partial charge in [-0.3, -0.25) is 9.59 Å². The van der Waals surface area contributed by atoms with E-state index in [9.17, 15) is 9.59 Å². The zero-order valence-electron chi connectivity index (χ0n) is 11.5. The Labute approximate surface area is 118 Å². The van der Waals surface area contributed by atoms with Crippen LogP contribution in [0.3, 0.4) is 0 Å². The number of ether oxygens (including phenoxy) is 1. The first-order valence-corrected chi connectivity index (χ1v) is 6.80.